The van der Waals surface area contributed by atoms with Crippen LogP contribution in [0.2, 0.25) is 0 Å². The van der Waals surface area contributed by atoms with Gasteiger partial charge in [-0.05, 0) is 13.6 Å². The average Bonchev–Trinajstić information content (AvgIpc) is 1.89. The highest BCUT2D eigenvalue weighted by Crippen LogP contribution is 1.78. The minimum absolute atomic E-state index is 0.619. The van der Waals surface area contributed by atoms with Crippen molar-refractivity contribution in [3.05, 3.63) is 0 Å². The number of hydrogen-bond donors (Lipinski definition) is 0. The van der Waals surface area contributed by atoms with Crippen LogP contribution in [0.1, 0.15) is 6.92 Å². The SMILES string of the molecule is CCN(C)CO/C=N\C. The predicted octanol–water partition coefficient (Wildman–Crippen LogP) is 0.570. The second kappa shape index (κ2) is 5.56. The molecule has 0 aliphatic heterocycles. The topological polar surface area (TPSA) is 24.8 Å². The van der Waals surface area contributed by atoms with Gasteiger partial charge >= 0.3 is 0 Å². The summed E-state index contributed by atoms with van der Waals surface area (Å²) in [6.45, 7) is 3.69. The maximum atomic E-state index is 4.97. The molecule has 0 saturated carbocycles. The zero-order valence-electron chi connectivity index (χ0n) is 6.29. The van der Waals surface area contributed by atoms with Crippen LogP contribution in [0.5, 0.6) is 0 Å². The molecule has 0 aromatic carbocycles. The van der Waals surface area contributed by atoms with E-state index in [1.807, 2.05) is 11.9 Å². The molecule has 0 unspecified atom stereocenters. The summed E-state index contributed by atoms with van der Waals surface area (Å²) in [5.41, 5.74) is 0. The fraction of sp³-hybridized carbons (Fsp3) is 0.833. The Kier molecular flexibility index (Phi) is 5.21. The standard InChI is InChI=1S/C6H14N2O/c1-4-8(3)6-9-5-7-2/h5H,4,6H2,1-3H3/b7-5-. The summed E-state index contributed by atoms with van der Waals surface area (Å²) >= 11 is 0. The number of nitrogens with zero attached hydrogens (tertiary/aromatic N) is 2. The Morgan fingerprint density at radius 3 is 2.78 bits per heavy atom. The van der Waals surface area contributed by atoms with E-state index in [9.17, 15) is 0 Å². The van der Waals surface area contributed by atoms with Gasteiger partial charge in [0.25, 0.3) is 0 Å². The van der Waals surface area contributed by atoms with Gasteiger partial charge in [0.1, 0.15) is 6.73 Å². The van der Waals surface area contributed by atoms with Crippen molar-refractivity contribution in [2.45, 2.75) is 6.92 Å². The molecule has 0 aliphatic rings. The van der Waals surface area contributed by atoms with Crippen LogP contribution in [0, 0.1) is 0 Å². The molecule has 3 nitrogen and oxygen atoms in total. The van der Waals surface area contributed by atoms with Gasteiger partial charge in [0.15, 0.2) is 6.40 Å². The minimum atomic E-state index is 0.619. The summed E-state index contributed by atoms with van der Waals surface area (Å²) in [4.78, 5) is 5.71. The van der Waals surface area contributed by atoms with Gasteiger partial charge in [-0.1, -0.05) is 6.92 Å². The highest BCUT2D eigenvalue weighted by molar-refractivity contribution is 5.45. The van der Waals surface area contributed by atoms with Crippen LogP contribution in [0.25, 0.3) is 0 Å². The van der Waals surface area contributed by atoms with E-state index in [1.165, 1.54) is 6.40 Å². The first-order chi connectivity index (χ1) is 4.31. The van der Waals surface area contributed by atoms with E-state index in [2.05, 4.69) is 11.9 Å². The van der Waals surface area contributed by atoms with Crippen molar-refractivity contribution in [3.8, 4) is 0 Å². The molecule has 0 spiro atoms. The van der Waals surface area contributed by atoms with Crippen LogP contribution in [-0.4, -0.2) is 38.7 Å². The molecule has 9 heavy (non-hydrogen) atoms. The Balaban J connectivity index is 3.06. The lowest BCUT2D eigenvalue weighted by Gasteiger charge is -2.11. The van der Waals surface area contributed by atoms with E-state index >= 15 is 0 Å². The van der Waals surface area contributed by atoms with Crippen LogP contribution in [0.3, 0.4) is 0 Å². The van der Waals surface area contributed by atoms with Crippen molar-refractivity contribution >= 4 is 6.40 Å². The van der Waals surface area contributed by atoms with Crippen molar-refractivity contribution in [1.82, 2.24) is 4.90 Å². The maximum Gasteiger partial charge on any atom is 0.171 e. The van der Waals surface area contributed by atoms with Crippen molar-refractivity contribution in [2.75, 3.05) is 27.4 Å². The zero-order valence-corrected chi connectivity index (χ0v) is 6.29. The van der Waals surface area contributed by atoms with Gasteiger partial charge in [-0.2, -0.15) is 0 Å². The largest absolute Gasteiger partial charge is 0.468 e. The van der Waals surface area contributed by atoms with Gasteiger partial charge in [0.05, 0.1) is 0 Å². The summed E-state index contributed by atoms with van der Waals surface area (Å²) in [5.74, 6) is 0. The van der Waals surface area contributed by atoms with Gasteiger partial charge in [-0.15, -0.1) is 0 Å². The molecule has 0 heterocycles. The molecule has 0 aliphatic carbocycles. The summed E-state index contributed by atoms with van der Waals surface area (Å²) in [6, 6.07) is 0. The molecule has 0 aromatic heterocycles. The molecule has 0 bridgehead atoms. The third kappa shape index (κ3) is 5.30. The van der Waals surface area contributed by atoms with Crippen LogP contribution >= 0.6 is 0 Å². The Morgan fingerprint density at radius 1 is 1.67 bits per heavy atom. The van der Waals surface area contributed by atoms with Gasteiger partial charge in [0.2, 0.25) is 0 Å². The lowest BCUT2D eigenvalue weighted by Crippen LogP contribution is -2.20. The van der Waals surface area contributed by atoms with E-state index in [-0.39, 0.29) is 0 Å². The van der Waals surface area contributed by atoms with Gasteiger partial charge in [-0.25, -0.2) is 0 Å². The first-order valence-electron chi connectivity index (χ1n) is 3.02. The summed E-state index contributed by atoms with van der Waals surface area (Å²) < 4.78 is 4.97. The monoisotopic (exact) mass is 130 g/mol. The molecule has 0 rings (SSSR count). The molecular formula is C6H14N2O. The zero-order chi connectivity index (χ0) is 7.11. The van der Waals surface area contributed by atoms with Gasteiger partial charge < -0.3 is 4.74 Å². The highest BCUT2D eigenvalue weighted by atomic mass is 16.5. The second-order valence-corrected chi connectivity index (χ2v) is 1.83. The molecule has 0 saturated heterocycles. The highest BCUT2D eigenvalue weighted by Gasteiger charge is 1.88. The molecule has 0 N–H and O–H groups in total. The van der Waals surface area contributed by atoms with E-state index in [4.69, 9.17) is 4.74 Å². The number of aliphatic imine (C=N–C) groups is 1. The molecule has 0 fully saturated rings. The third-order valence-corrected chi connectivity index (χ3v) is 1.01. The molecule has 0 amide bonds. The fourth-order valence-electron chi connectivity index (χ4n) is 0.326. The first kappa shape index (κ1) is 8.43. The van der Waals surface area contributed by atoms with E-state index in [1.54, 1.807) is 7.05 Å². The normalized spacial score (nSPS) is 11.1. The quantitative estimate of drug-likeness (QED) is 0.316. The number of ether oxygens (including phenoxy) is 1. The molecule has 0 atom stereocenters. The lowest BCUT2D eigenvalue weighted by molar-refractivity contribution is 0.156. The van der Waals surface area contributed by atoms with Crippen molar-refractivity contribution in [2.24, 2.45) is 4.99 Å². The molecule has 54 valence electrons. The number of rotatable bonds is 4. The fourth-order valence-corrected chi connectivity index (χ4v) is 0.326. The maximum absolute atomic E-state index is 4.97. The second-order valence-electron chi connectivity index (χ2n) is 1.83. The lowest BCUT2D eigenvalue weighted by atomic mass is 10.7. The van der Waals surface area contributed by atoms with Crippen molar-refractivity contribution in [1.29, 1.82) is 0 Å². The van der Waals surface area contributed by atoms with E-state index in [0.717, 1.165) is 6.54 Å². The Hall–Kier alpha value is -0.570. The first-order valence-corrected chi connectivity index (χ1v) is 3.02. The van der Waals surface area contributed by atoms with Crippen molar-refractivity contribution in [3.63, 3.8) is 0 Å². The third-order valence-electron chi connectivity index (χ3n) is 1.01. The van der Waals surface area contributed by atoms with Crippen LogP contribution in [-0.2, 0) is 4.74 Å². The van der Waals surface area contributed by atoms with E-state index < -0.39 is 0 Å². The average molecular weight is 130 g/mol. The number of hydrogen-bond acceptors (Lipinski definition) is 3. The van der Waals surface area contributed by atoms with Gasteiger partial charge in [-0.3, -0.25) is 9.89 Å². The van der Waals surface area contributed by atoms with Gasteiger partial charge in [0, 0.05) is 7.05 Å². The predicted molar refractivity (Wildman–Crippen MR) is 38.7 cm³/mol. The summed E-state index contributed by atoms with van der Waals surface area (Å²) in [7, 11) is 3.68. The summed E-state index contributed by atoms with van der Waals surface area (Å²) in [5, 5.41) is 0. The van der Waals surface area contributed by atoms with E-state index in [0.29, 0.717) is 6.73 Å². The van der Waals surface area contributed by atoms with Crippen LogP contribution < -0.4 is 0 Å². The Morgan fingerprint density at radius 2 is 2.33 bits per heavy atom. The molecule has 3 heteroatoms. The Labute approximate surface area is 56.3 Å². The Bertz CT molecular complexity index is 83.1. The molecule has 0 radical (unpaired) electrons. The van der Waals surface area contributed by atoms with Crippen molar-refractivity contribution < 1.29 is 4.74 Å². The van der Waals surface area contributed by atoms with Crippen LogP contribution in [0.15, 0.2) is 4.99 Å². The smallest absolute Gasteiger partial charge is 0.171 e. The molecule has 0 aromatic rings. The van der Waals surface area contributed by atoms with Crippen LogP contribution in [0.4, 0.5) is 0 Å². The molecular weight excluding hydrogens is 116 g/mol. The summed E-state index contributed by atoms with van der Waals surface area (Å²) in [6.07, 6.45) is 1.45. The minimum Gasteiger partial charge on any atom is -0.468 e.